The van der Waals surface area contributed by atoms with E-state index in [-0.39, 0.29) is 12.2 Å². The number of carbonyl (C=O) groups excluding carboxylic acids is 1. The molecule has 3 nitrogen and oxygen atoms in total. The van der Waals surface area contributed by atoms with Crippen molar-refractivity contribution >= 4 is 6.09 Å². The van der Waals surface area contributed by atoms with Crippen molar-refractivity contribution < 1.29 is 9.53 Å². The van der Waals surface area contributed by atoms with Gasteiger partial charge < -0.3 is 10.1 Å². The van der Waals surface area contributed by atoms with Crippen molar-refractivity contribution in [2.45, 2.75) is 118 Å². The van der Waals surface area contributed by atoms with E-state index in [2.05, 4.69) is 46.0 Å². The highest BCUT2D eigenvalue weighted by atomic mass is 16.6. The van der Waals surface area contributed by atoms with Crippen molar-refractivity contribution in [1.29, 1.82) is 0 Å². The SMILES string of the molecule is CCNC(=O)O[C@H]1CC[C@@]2(C)C(=CC[C@@H]3[C@H]4CC[C@@H]([C@@H](C)CCCC(C)C)[C@@]4(C)CC[C@H]32)C1. The Bertz CT molecular complexity index is 729. The van der Waals surface area contributed by atoms with Crippen molar-refractivity contribution in [2.24, 2.45) is 46.3 Å². The van der Waals surface area contributed by atoms with Crippen molar-refractivity contribution in [2.75, 3.05) is 6.54 Å². The molecule has 4 aliphatic rings. The van der Waals surface area contributed by atoms with E-state index in [4.69, 9.17) is 4.74 Å². The third-order valence-electron chi connectivity index (χ3n) is 10.9. The first kappa shape index (κ1) is 25.1. The Hall–Kier alpha value is -0.990. The Balaban J connectivity index is 1.43. The average molecular weight is 458 g/mol. The predicted octanol–water partition coefficient (Wildman–Crippen LogP) is 8.14. The lowest BCUT2D eigenvalue weighted by molar-refractivity contribution is -0.0581. The first-order valence-electron chi connectivity index (χ1n) is 14.3. The third-order valence-corrected chi connectivity index (χ3v) is 10.9. The van der Waals surface area contributed by atoms with E-state index in [9.17, 15) is 4.79 Å². The topological polar surface area (TPSA) is 38.3 Å². The molecule has 0 radical (unpaired) electrons. The normalized spacial score (nSPS) is 40.9. The molecular formula is C30H51NO2. The molecule has 1 amide bonds. The predicted molar refractivity (Wildman–Crippen MR) is 137 cm³/mol. The molecule has 0 aromatic carbocycles. The molecule has 8 atom stereocenters. The Morgan fingerprint density at radius 1 is 1.09 bits per heavy atom. The minimum Gasteiger partial charge on any atom is -0.446 e. The summed E-state index contributed by atoms with van der Waals surface area (Å²) in [6.45, 7) is 15.1. The maximum absolute atomic E-state index is 12.0. The van der Waals surface area contributed by atoms with Crippen molar-refractivity contribution in [3.63, 3.8) is 0 Å². The van der Waals surface area contributed by atoms with Crippen LogP contribution in [0, 0.1) is 46.3 Å². The van der Waals surface area contributed by atoms with Crippen LogP contribution in [0.25, 0.3) is 0 Å². The zero-order chi connectivity index (χ0) is 23.8. The lowest BCUT2D eigenvalue weighted by atomic mass is 9.47. The number of amides is 1. The van der Waals surface area contributed by atoms with Crippen LogP contribution in [0.5, 0.6) is 0 Å². The van der Waals surface area contributed by atoms with Crippen LogP contribution < -0.4 is 5.32 Å². The van der Waals surface area contributed by atoms with Gasteiger partial charge in [-0.15, -0.1) is 0 Å². The Morgan fingerprint density at radius 2 is 1.88 bits per heavy atom. The second-order valence-corrected chi connectivity index (χ2v) is 13.1. The molecule has 0 saturated heterocycles. The van der Waals surface area contributed by atoms with Gasteiger partial charge in [0.1, 0.15) is 6.10 Å². The number of fused-ring (bicyclic) bond motifs is 5. The lowest BCUT2D eigenvalue weighted by Crippen LogP contribution is -2.51. The smallest absolute Gasteiger partial charge is 0.407 e. The van der Waals surface area contributed by atoms with E-state index >= 15 is 0 Å². The molecule has 0 aliphatic heterocycles. The second-order valence-electron chi connectivity index (χ2n) is 13.1. The van der Waals surface area contributed by atoms with Crippen molar-refractivity contribution in [3.8, 4) is 0 Å². The molecule has 4 aliphatic carbocycles. The molecule has 0 aromatic heterocycles. The van der Waals surface area contributed by atoms with Crippen LogP contribution in [0.1, 0.15) is 112 Å². The van der Waals surface area contributed by atoms with Gasteiger partial charge in [-0.3, -0.25) is 0 Å². The molecule has 0 aromatic rings. The van der Waals surface area contributed by atoms with E-state index in [1.165, 1.54) is 57.8 Å². The van der Waals surface area contributed by atoms with Gasteiger partial charge in [0.25, 0.3) is 0 Å². The standard InChI is InChI=1S/C30H51NO2/c1-7-31-28(32)33-23-15-17-29(5)22(19-23)11-12-24-26-14-13-25(21(4)10-8-9-20(2)3)30(26,6)18-16-27(24)29/h11,20-21,23-27H,7-10,12-19H2,1-6H3,(H,31,32)/t21-,23-,24+,25-,26+,27+,29-,30+/m0/s1. The molecule has 1 N–H and O–H groups in total. The molecule has 0 bridgehead atoms. The van der Waals surface area contributed by atoms with Crippen molar-refractivity contribution in [1.82, 2.24) is 5.32 Å². The molecule has 0 heterocycles. The van der Waals surface area contributed by atoms with Gasteiger partial charge in [0, 0.05) is 13.0 Å². The highest BCUT2D eigenvalue weighted by molar-refractivity contribution is 5.67. The summed E-state index contributed by atoms with van der Waals surface area (Å²) < 4.78 is 5.74. The third kappa shape index (κ3) is 4.76. The number of hydrogen-bond acceptors (Lipinski definition) is 2. The highest BCUT2D eigenvalue weighted by Gasteiger charge is 2.59. The monoisotopic (exact) mass is 457 g/mol. The number of alkyl carbamates (subject to hydrolysis) is 1. The Morgan fingerprint density at radius 3 is 2.61 bits per heavy atom. The maximum Gasteiger partial charge on any atom is 0.407 e. The van der Waals surface area contributed by atoms with Crippen LogP contribution in [0.4, 0.5) is 4.79 Å². The quantitative estimate of drug-likeness (QED) is 0.392. The molecule has 3 heteroatoms. The summed E-state index contributed by atoms with van der Waals surface area (Å²) in [5.41, 5.74) is 2.48. The fourth-order valence-corrected chi connectivity index (χ4v) is 9.09. The van der Waals surface area contributed by atoms with Gasteiger partial charge in [-0.05, 0) is 98.2 Å². The Kier molecular flexibility index (Phi) is 7.56. The number of carbonyl (C=O) groups is 1. The first-order valence-corrected chi connectivity index (χ1v) is 14.3. The number of ether oxygens (including phenoxy) is 1. The molecule has 188 valence electrons. The zero-order valence-corrected chi connectivity index (χ0v) is 22.4. The summed E-state index contributed by atoms with van der Waals surface area (Å²) in [5.74, 6) is 5.25. The average Bonchev–Trinajstić information content (AvgIpc) is 3.11. The second kappa shape index (κ2) is 9.94. The zero-order valence-electron chi connectivity index (χ0n) is 22.4. The van der Waals surface area contributed by atoms with Crippen LogP contribution >= 0.6 is 0 Å². The summed E-state index contributed by atoms with van der Waals surface area (Å²) in [5, 5.41) is 2.80. The number of hydrogen-bond donors (Lipinski definition) is 1. The van der Waals surface area contributed by atoms with Gasteiger partial charge in [-0.2, -0.15) is 0 Å². The number of nitrogens with one attached hydrogen (secondary N) is 1. The van der Waals surface area contributed by atoms with Gasteiger partial charge >= 0.3 is 6.09 Å². The fourth-order valence-electron chi connectivity index (χ4n) is 9.09. The van der Waals surface area contributed by atoms with E-state index in [1.807, 2.05) is 6.92 Å². The van der Waals surface area contributed by atoms with Gasteiger partial charge in [0.2, 0.25) is 0 Å². The van der Waals surface area contributed by atoms with Crippen molar-refractivity contribution in [3.05, 3.63) is 11.6 Å². The molecule has 0 unspecified atom stereocenters. The molecule has 3 fully saturated rings. The summed E-state index contributed by atoms with van der Waals surface area (Å²) in [6.07, 6.45) is 16.8. The highest BCUT2D eigenvalue weighted by Crippen LogP contribution is 2.67. The van der Waals surface area contributed by atoms with Crippen LogP contribution in [-0.4, -0.2) is 18.7 Å². The summed E-state index contributed by atoms with van der Waals surface area (Å²) >= 11 is 0. The molecular weight excluding hydrogens is 406 g/mol. The number of rotatable bonds is 7. The van der Waals surface area contributed by atoms with Crippen LogP contribution in [0.3, 0.4) is 0 Å². The van der Waals surface area contributed by atoms with Crippen LogP contribution in [-0.2, 0) is 4.74 Å². The fraction of sp³-hybridized carbons (Fsp3) is 0.900. The van der Waals surface area contributed by atoms with Gasteiger partial charge in [0.15, 0.2) is 0 Å². The van der Waals surface area contributed by atoms with E-state index in [0.717, 1.165) is 48.3 Å². The van der Waals surface area contributed by atoms with E-state index < -0.39 is 0 Å². The molecule has 3 saturated carbocycles. The summed E-state index contributed by atoms with van der Waals surface area (Å²) in [7, 11) is 0. The van der Waals surface area contributed by atoms with Crippen LogP contribution in [0.15, 0.2) is 11.6 Å². The maximum atomic E-state index is 12.0. The molecule has 4 rings (SSSR count). The lowest BCUT2D eigenvalue weighted by Gasteiger charge is -2.58. The molecule has 0 spiro atoms. The first-order chi connectivity index (χ1) is 15.7. The van der Waals surface area contributed by atoms with Gasteiger partial charge in [-0.1, -0.05) is 65.5 Å². The minimum atomic E-state index is -0.242. The van der Waals surface area contributed by atoms with Crippen LogP contribution in [0.2, 0.25) is 0 Å². The summed E-state index contributed by atoms with van der Waals surface area (Å²) in [6, 6.07) is 0. The van der Waals surface area contributed by atoms with Gasteiger partial charge in [0.05, 0.1) is 0 Å². The number of allylic oxidation sites excluding steroid dienone is 1. The molecule has 33 heavy (non-hydrogen) atoms. The Labute approximate surface area is 203 Å². The van der Waals surface area contributed by atoms with E-state index in [1.54, 1.807) is 5.57 Å². The largest absolute Gasteiger partial charge is 0.446 e. The summed E-state index contributed by atoms with van der Waals surface area (Å²) in [4.78, 5) is 12.0. The minimum absolute atomic E-state index is 0.0591. The van der Waals surface area contributed by atoms with Gasteiger partial charge in [-0.25, -0.2) is 4.79 Å². The van der Waals surface area contributed by atoms with E-state index in [0.29, 0.717) is 17.4 Å².